The number of aliphatic hydroxyl groups is 1. The van der Waals surface area contributed by atoms with Crippen LogP contribution in [0.1, 0.15) is 12.8 Å². The van der Waals surface area contributed by atoms with Crippen LogP contribution in [0.4, 0.5) is 5.69 Å². The zero-order chi connectivity index (χ0) is 10.7. The van der Waals surface area contributed by atoms with Crippen molar-refractivity contribution >= 4 is 21.6 Å². The fourth-order valence-corrected chi connectivity index (χ4v) is 2.05. The number of ether oxygens (including phenoxy) is 1. The first-order chi connectivity index (χ1) is 7.29. The van der Waals surface area contributed by atoms with Gasteiger partial charge in [-0.2, -0.15) is 0 Å². The van der Waals surface area contributed by atoms with Crippen molar-refractivity contribution in [1.29, 1.82) is 0 Å². The minimum absolute atomic E-state index is 0.240. The molecule has 1 aromatic rings. The summed E-state index contributed by atoms with van der Waals surface area (Å²) in [6, 6.07) is 6.24. The molecule has 1 heterocycles. The summed E-state index contributed by atoms with van der Waals surface area (Å²) >= 11 is 3.43. The maximum absolute atomic E-state index is 8.76. The highest BCUT2D eigenvalue weighted by Gasteiger charge is 2.18. The first-order valence-corrected chi connectivity index (χ1v) is 5.88. The first-order valence-electron chi connectivity index (χ1n) is 5.09. The first kappa shape index (κ1) is 10.8. The molecule has 1 atom stereocenters. The van der Waals surface area contributed by atoms with Gasteiger partial charge >= 0.3 is 0 Å². The molecule has 0 bridgehead atoms. The number of rotatable bonds is 3. The van der Waals surface area contributed by atoms with Gasteiger partial charge in [-0.15, -0.1) is 0 Å². The maximum atomic E-state index is 8.76. The van der Waals surface area contributed by atoms with Gasteiger partial charge in [0.2, 0.25) is 0 Å². The third-order valence-electron chi connectivity index (χ3n) is 2.45. The molecule has 0 aromatic heterocycles. The van der Waals surface area contributed by atoms with Crippen molar-refractivity contribution in [3.63, 3.8) is 0 Å². The number of halogens is 1. The molecule has 2 rings (SSSR count). The molecule has 3 nitrogen and oxygen atoms in total. The van der Waals surface area contributed by atoms with Crippen LogP contribution >= 0.6 is 15.9 Å². The van der Waals surface area contributed by atoms with E-state index in [9.17, 15) is 0 Å². The monoisotopic (exact) mass is 271 g/mol. The molecule has 0 saturated carbocycles. The third-order valence-corrected chi connectivity index (χ3v) is 2.95. The number of anilines is 1. The Hall–Kier alpha value is -0.740. The molecule has 15 heavy (non-hydrogen) atoms. The highest BCUT2D eigenvalue weighted by Crippen LogP contribution is 2.32. The normalized spacial score (nSPS) is 18.9. The lowest BCUT2D eigenvalue weighted by Crippen LogP contribution is -2.31. The van der Waals surface area contributed by atoms with Crippen LogP contribution in [-0.4, -0.2) is 24.4 Å². The second kappa shape index (κ2) is 4.86. The summed E-state index contributed by atoms with van der Waals surface area (Å²) in [6.45, 7) is 0.915. The molecule has 0 amide bonds. The Balaban J connectivity index is 2.05. The molecule has 0 aliphatic carbocycles. The van der Waals surface area contributed by atoms with Crippen molar-refractivity contribution in [3.8, 4) is 5.75 Å². The topological polar surface area (TPSA) is 41.5 Å². The fourth-order valence-electron chi connectivity index (χ4n) is 1.69. The molecule has 0 radical (unpaired) electrons. The molecule has 0 fully saturated rings. The molecule has 4 heteroatoms. The largest absolute Gasteiger partial charge is 0.489 e. The molecule has 82 valence electrons. The van der Waals surface area contributed by atoms with E-state index in [2.05, 4.69) is 21.2 Å². The molecule has 1 unspecified atom stereocenters. The summed E-state index contributed by atoms with van der Waals surface area (Å²) in [6.07, 6.45) is 1.74. The smallest absolute Gasteiger partial charge is 0.142 e. The van der Waals surface area contributed by atoms with Crippen LogP contribution in [0.2, 0.25) is 0 Å². The van der Waals surface area contributed by atoms with Gasteiger partial charge in [-0.3, -0.25) is 0 Å². The number of benzene rings is 1. The third kappa shape index (κ3) is 2.63. The van der Waals surface area contributed by atoms with E-state index in [4.69, 9.17) is 9.84 Å². The van der Waals surface area contributed by atoms with E-state index in [0.29, 0.717) is 12.6 Å². The average Bonchev–Trinajstić information content (AvgIpc) is 2.25. The van der Waals surface area contributed by atoms with Gasteiger partial charge in [0.05, 0.1) is 11.7 Å². The highest BCUT2D eigenvalue weighted by molar-refractivity contribution is 9.10. The summed E-state index contributed by atoms with van der Waals surface area (Å²) in [5.74, 6) is 0.901. The Morgan fingerprint density at radius 2 is 2.40 bits per heavy atom. The average molecular weight is 272 g/mol. The lowest BCUT2D eigenvalue weighted by atomic mass is 10.1. The molecular weight excluding hydrogens is 258 g/mol. The summed E-state index contributed by atoms with van der Waals surface area (Å²) in [5, 5.41) is 12.2. The van der Waals surface area contributed by atoms with Gasteiger partial charge in [0, 0.05) is 11.1 Å². The van der Waals surface area contributed by atoms with Gasteiger partial charge in [-0.05, 0) is 31.0 Å². The molecule has 0 saturated heterocycles. The van der Waals surface area contributed by atoms with Crippen molar-refractivity contribution in [1.82, 2.24) is 0 Å². The van der Waals surface area contributed by atoms with Crippen LogP contribution in [0.5, 0.6) is 5.75 Å². The summed E-state index contributed by atoms with van der Waals surface area (Å²) in [4.78, 5) is 0. The molecule has 1 aromatic carbocycles. The quantitative estimate of drug-likeness (QED) is 0.887. The van der Waals surface area contributed by atoms with Gasteiger partial charge in [0.25, 0.3) is 0 Å². The van der Waals surface area contributed by atoms with Crippen LogP contribution < -0.4 is 10.1 Å². The number of aliphatic hydroxyl groups excluding tert-OH is 1. The lowest BCUT2D eigenvalue weighted by Gasteiger charge is -2.27. The summed E-state index contributed by atoms with van der Waals surface area (Å²) < 4.78 is 6.66. The second-order valence-corrected chi connectivity index (χ2v) is 4.57. The van der Waals surface area contributed by atoms with Gasteiger partial charge in [0.1, 0.15) is 12.4 Å². The van der Waals surface area contributed by atoms with E-state index < -0.39 is 0 Å². The van der Waals surface area contributed by atoms with Gasteiger partial charge in [-0.1, -0.05) is 15.9 Å². The van der Waals surface area contributed by atoms with E-state index in [-0.39, 0.29) is 6.61 Å². The Morgan fingerprint density at radius 1 is 1.53 bits per heavy atom. The Kier molecular flexibility index (Phi) is 3.49. The van der Waals surface area contributed by atoms with Gasteiger partial charge < -0.3 is 15.2 Å². The minimum Gasteiger partial charge on any atom is -0.489 e. The van der Waals surface area contributed by atoms with Crippen molar-refractivity contribution < 1.29 is 9.84 Å². The standard InChI is InChI=1S/C11H14BrNO2/c12-8-3-4-11-10(6-8)13-9(7-15-11)2-1-5-14/h3-4,6,9,13-14H,1-2,5,7H2. The lowest BCUT2D eigenvalue weighted by molar-refractivity contribution is 0.249. The van der Waals surface area contributed by atoms with E-state index >= 15 is 0 Å². The van der Waals surface area contributed by atoms with Crippen LogP contribution in [-0.2, 0) is 0 Å². The Bertz CT molecular complexity index is 343. The maximum Gasteiger partial charge on any atom is 0.142 e. The van der Waals surface area contributed by atoms with Crippen molar-refractivity contribution in [3.05, 3.63) is 22.7 Å². The van der Waals surface area contributed by atoms with Crippen molar-refractivity contribution in [2.75, 3.05) is 18.5 Å². The predicted octanol–water partition coefficient (Wildman–Crippen LogP) is 2.39. The van der Waals surface area contributed by atoms with E-state index in [1.165, 1.54) is 0 Å². The van der Waals surface area contributed by atoms with Crippen LogP contribution in [0.25, 0.3) is 0 Å². The Labute approximate surface area is 97.6 Å². The van der Waals surface area contributed by atoms with Gasteiger partial charge in [-0.25, -0.2) is 0 Å². The molecule has 2 N–H and O–H groups in total. The number of hydrogen-bond acceptors (Lipinski definition) is 3. The highest BCUT2D eigenvalue weighted by atomic mass is 79.9. The Morgan fingerprint density at radius 3 is 3.20 bits per heavy atom. The van der Waals surface area contributed by atoms with Crippen molar-refractivity contribution in [2.24, 2.45) is 0 Å². The van der Waals surface area contributed by atoms with Crippen LogP contribution in [0.3, 0.4) is 0 Å². The molecule has 1 aliphatic rings. The molecule has 1 aliphatic heterocycles. The zero-order valence-electron chi connectivity index (χ0n) is 8.37. The SMILES string of the molecule is OCCCC1COc2ccc(Br)cc2N1. The number of nitrogens with one attached hydrogen (secondary N) is 1. The summed E-state index contributed by atoms with van der Waals surface area (Å²) in [5.41, 5.74) is 1.03. The minimum atomic E-state index is 0.240. The van der Waals surface area contributed by atoms with E-state index in [1.54, 1.807) is 0 Å². The number of hydrogen-bond donors (Lipinski definition) is 2. The predicted molar refractivity (Wildman–Crippen MR) is 63.4 cm³/mol. The van der Waals surface area contributed by atoms with E-state index in [1.807, 2.05) is 18.2 Å². The van der Waals surface area contributed by atoms with E-state index in [0.717, 1.165) is 28.8 Å². The van der Waals surface area contributed by atoms with Crippen molar-refractivity contribution in [2.45, 2.75) is 18.9 Å². The molecule has 0 spiro atoms. The fraction of sp³-hybridized carbons (Fsp3) is 0.455. The van der Waals surface area contributed by atoms with Crippen LogP contribution in [0, 0.1) is 0 Å². The number of fused-ring (bicyclic) bond motifs is 1. The zero-order valence-corrected chi connectivity index (χ0v) is 9.96. The summed E-state index contributed by atoms with van der Waals surface area (Å²) in [7, 11) is 0. The molecular formula is C11H14BrNO2. The second-order valence-electron chi connectivity index (χ2n) is 3.66. The van der Waals surface area contributed by atoms with Gasteiger partial charge in [0.15, 0.2) is 0 Å². The van der Waals surface area contributed by atoms with Crippen LogP contribution in [0.15, 0.2) is 22.7 Å².